The van der Waals surface area contributed by atoms with Crippen molar-refractivity contribution in [1.82, 2.24) is 4.90 Å². The average molecular weight is 279 g/mol. The maximum absolute atomic E-state index is 11.2. The van der Waals surface area contributed by atoms with Crippen LogP contribution < -0.4 is 0 Å². The molecule has 4 nitrogen and oxygen atoms in total. The molecule has 0 unspecified atom stereocenters. The summed E-state index contributed by atoms with van der Waals surface area (Å²) < 4.78 is 5.76. The van der Waals surface area contributed by atoms with Gasteiger partial charge in [0, 0.05) is 12.0 Å². The number of carboxylic acids is 1. The van der Waals surface area contributed by atoms with Crippen LogP contribution in [0.4, 0.5) is 0 Å². The minimum Gasteiger partial charge on any atom is -0.481 e. The van der Waals surface area contributed by atoms with E-state index in [4.69, 9.17) is 4.42 Å². The van der Waals surface area contributed by atoms with Gasteiger partial charge in [-0.15, -0.1) is 0 Å². The van der Waals surface area contributed by atoms with Crippen molar-refractivity contribution < 1.29 is 14.3 Å². The molecule has 1 fully saturated rings. The molecule has 1 aliphatic carbocycles. The van der Waals surface area contributed by atoms with E-state index in [2.05, 4.69) is 11.8 Å². The normalized spacial score (nSPS) is 18.4. The fourth-order valence-corrected chi connectivity index (χ4v) is 3.28. The lowest BCUT2D eigenvalue weighted by atomic mass is 9.78. The molecule has 0 saturated heterocycles. The summed E-state index contributed by atoms with van der Waals surface area (Å²) in [6.07, 6.45) is 6.52. The van der Waals surface area contributed by atoms with E-state index in [0.717, 1.165) is 43.6 Å². The first-order valence-electron chi connectivity index (χ1n) is 7.56. The molecule has 1 aromatic heterocycles. The van der Waals surface area contributed by atoms with Crippen molar-refractivity contribution in [3.8, 4) is 0 Å². The van der Waals surface area contributed by atoms with E-state index < -0.39 is 5.97 Å². The Morgan fingerprint density at radius 1 is 1.30 bits per heavy atom. The van der Waals surface area contributed by atoms with Crippen LogP contribution in [0.3, 0.4) is 0 Å². The fraction of sp³-hybridized carbons (Fsp3) is 0.688. The van der Waals surface area contributed by atoms with Crippen molar-refractivity contribution in [2.45, 2.75) is 64.0 Å². The number of aryl methyl sites for hydroxylation is 1. The lowest BCUT2D eigenvalue weighted by molar-refractivity contribution is -0.141. The van der Waals surface area contributed by atoms with Crippen LogP contribution in [0.15, 0.2) is 16.5 Å². The molecule has 0 aliphatic heterocycles. The minimum atomic E-state index is -0.701. The third kappa shape index (κ3) is 3.42. The Morgan fingerprint density at radius 2 is 1.95 bits per heavy atom. The standard InChI is InChI=1S/C16H25NO3/c1-3-13-7-8-14(20-13)12-17(2)16(11-15(18)19)9-5-4-6-10-16/h7-8H,3-6,9-12H2,1-2H3,(H,18,19). The van der Waals surface area contributed by atoms with E-state index in [0.29, 0.717) is 6.54 Å². The minimum absolute atomic E-state index is 0.205. The summed E-state index contributed by atoms with van der Waals surface area (Å²) in [5.74, 6) is 1.22. The quantitative estimate of drug-likeness (QED) is 0.866. The van der Waals surface area contributed by atoms with Crippen LogP contribution in [0.25, 0.3) is 0 Å². The van der Waals surface area contributed by atoms with Gasteiger partial charge in [0.25, 0.3) is 0 Å². The predicted octanol–water partition coefficient (Wildman–Crippen LogP) is 3.45. The molecule has 1 heterocycles. The van der Waals surface area contributed by atoms with Crippen LogP contribution in [0.5, 0.6) is 0 Å². The predicted molar refractivity (Wildman–Crippen MR) is 77.6 cm³/mol. The number of nitrogens with zero attached hydrogens (tertiary/aromatic N) is 1. The van der Waals surface area contributed by atoms with E-state index in [1.807, 2.05) is 19.2 Å². The second-order valence-corrected chi connectivity index (χ2v) is 5.93. The number of carboxylic acid groups (broad SMARTS) is 1. The highest BCUT2D eigenvalue weighted by Crippen LogP contribution is 2.36. The van der Waals surface area contributed by atoms with Crippen LogP contribution in [-0.2, 0) is 17.8 Å². The maximum atomic E-state index is 11.2. The Bertz CT molecular complexity index is 446. The Balaban J connectivity index is 2.09. The summed E-state index contributed by atoms with van der Waals surface area (Å²) in [6.45, 7) is 2.76. The summed E-state index contributed by atoms with van der Waals surface area (Å²) in [7, 11) is 2.03. The van der Waals surface area contributed by atoms with Gasteiger partial charge < -0.3 is 9.52 Å². The van der Waals surface area contributed by atoms with Crippen molar-refractivity contribution >= 4 is 5.97 Å². The van der Waals surface area contributed by atoms with E-state index in [-0.39, 0.29) is 12.0 Å². The van der Waals surface area contributed by atoms with E-state index in [1.54, 1.807) is 0 Å². The highest BCUT2D eigenvalue weighted by Gasteiger charge is 2.38. The fourth-order valence-electron chi connectivity index (χ4n) is 3.28. The second kappa shape index (κ2) is 6.44. The van der Waals surface area contributed by atoms with Crippen molar-refractivity contribution in [1.29, 1.82) is 0 Å². The molecule has 0 radical (unpaired) electrons. The number of hydrogen-bond donors (Lipinski definition) is 1. The number of rotatable bonds is 6. The zero-order valence-corrected chi connectivity index (χ0v) is 12.5. The molecule has 2 rings (SSSR count). The van der Waals surface area contributed by atoms with E-state index in [1.165, 1.54) is 6.42 Å². The van der Waals surface area contributed by atoms with Gasteiger partial charge in [-0.1, -0.05) is 26.2 Å². The summed E-state index contributed by atoms with van der Waals surface area (Å²) in [5, 5.41) is 9.24. The van der Waals surface area contributed by atoms with Gasteiger partial charge >= 0.3 is 5.97 Å². The molecule has 0 spiro atoms. The first kappa shape index (κ1) is 15.1. The third-order valence-corrected chi connectivity index (χ3v) is 4.53. The molecule has 1 N–H and O–H groups in total. The number of hydrogen-bond acceptors (Lipinski definition) is 3. The summed E-state index contributed by atoms with van der Waals surface area (Å²) in [6, 6.07) is 4.01. The Kier molecular flexibility index (Phi) is 4.86. The monoisotopic (exact) mass is 279 g/mol. The van der Waals surface area contributed by atoms with Crippen molar-refractivity contribution in [3.63, 3.8) is 0 Å². The SMILES string of the molecule is CCc1ccc(CN(C)C2(CC(=O)O)CCCCC2)o1. The van der Waals surface area contributed by atoms with E-state index in [9.17, 15) is 9.90 Å². The van der Waals surface area contributed by atoms with Crippen molar-refractivity contribution in [2.24, 2.45) is 0 Å². The van der Waals surface area contributed by atoms with Crippen LogP contribution in [0, 0.1) is 0 Å². The van der Waals surface area contributed by atoms with Crippen LogP contribution >= 0.6 is 0 Å². The third-order valence-electron chi connectivity index (χ3n) is 4.53. The molecule has 20 heavy (non-hydrogen) atoms. The van der Waals surface area contributed by atoms with Gasteiger partial charge in [0.1, 0.15) is 11.5 Å². The maximum Gasteiger partial charge on any atom is 0.305 e. The van der Waals surface area contributed by atoms with Gasteiger partial charge in [0.2, 0.25) is 0 Å². The molecule has 4 heteroatoms. The summed E-state index contributed by atoms with van der Waals surface area (Å²) in [4.78, 5) is 13.4. The summed E-state index contributed by atoms with van der Waals surface area (Å²) in [5.41, 5.74) is -0.205. The van der Waals surface area contributed by atoms with Gasteiger partial charge in [-0.3, -0.25) is 9.69 Å². The highest BCUT2D eigenvalue weighted by molar-refractivity contribution is 5.68. The van der Waals surface area contributed by atoms with Gasteiger partial charge in [-0.2, -0.15) is 0 Å². The van der Waals surface area contributed by atoms with Gasteiger partial charge in [0.05, 0.1) is 13.0 Å². The van der Waals surface area contributed by atoms with Crippen molar-refractivity contribution in [2.75, 3.05) is 7.05 Å². The lowest BCUT2D eigenvalue weighted by Crippen LogP contribution is -2.48. The summed E-state index contributed by atoms with van der Waals surface area (Å²) >= 11 is 0. The molecule has 112 valence electrons. The molecule has 0 atom stereocenters. The molecule has 0 amide bonds. The first-order chi connectivity index (χ1) is 9.55. The molecular formula is C16H25NO3. The average Bonchev–Trinajstić information content (AvgIpc) is 2.86. The Morgan fingerprint density at radius 3 is 2.50 bits per heavy atom. The van der Waals surface area contributed by atoms with Crippen molar-refractivity contribution in [3.05, 3.63) is 23.7 Å². The number of aliphatic carboxylic acids is 1. The molecular weight excluding hydrogens is 254 g/mol. The number of furan rings is 1. The van der Waals surface area contributed by atoms with Gasteiger partial charge in [-0.05, 0) is 32.0 Å². The Hall–Kier alpha value is -1.29. The molecule has 0 bridgehead atoms. The van der Waals surface area contributed by atoms with Gasteiger partial charge in [0.15, 0.2) is 0 Å². The van der Waals surface area contributed by atoms with Crippen LogP contribution in [0.2, 0.25) is 0 Å². The largest absolute Gasteiger partial charge is 0.481 e. The van der Waals surface area contributed by atoms with E-state index >= 15 is 0 Å². The molecule has 1 aliphatic rings. The smallest absolute Gasteiger partial charge is 0.305 e. The highest BCUT2D eigenvalue weighted by atomic mass is 16.4. The van der Waals surface area contributed by atoms with Crippen LogP contribution in [-0.4, -0.2) is 28.6 Å². The molecule has 1 aromatic rings. The molecule has 0 aromatic carbocycles. The molecule has 1 saturated carbocycles. The number of carbonyl (C=O) groups is 1. The Labute approximate surface area is 120 Å². The van der Waals surface area contributed by atoms with Crippen LogP contribution in [0.1, 0.15) is 57.0 Å². The second-order valence-electron chi connectivity index (χ2n) is 5.93. The zero-order valence-electron chi connectivity index (χ0n) is 12.5. The lowest BCUT2D eigenvalue weighted by Gasteiger charge is -2.43. The first-order valence-corrected chi connectivity index (χ1v) is 7.56. The zero-order chi connectivity index (χ0) is 14.6. The van der Waals surface area contributed by atoms with Gasteiger partial charge in [-0.25, -0.2) is 0 Å². The topological polar surface area (TPSA) is 53.7 Å².